The van der Waals surface area contributed by atoms with Gasteiger partial charge in [0.25, 0.3) is 0 Å². The van der Waals surface area contributed by atoms with E-state index in [9.17, 15) is 4.79 Å². The van der Waals surface area contributed by atoms with Gasteiger partial charge in [0.2, 0.25) is 0 Å². The first-order valence-corrected chi connectivity index (χ1v) is 3.40. The minimum atomic E-state index is -0.234. The number of nitrogens with zero attached hydrogens (tertiary/aromatic N) is 2. The van der Waals surface area contributed by atoms with Crippen LogP contribution < -0.4 is 5.43 Å². The number of rotatable bonds is 3. The van der Waals surface area contributed by atoms with E-state index >= 15 is 0 Å². The molecule has 0 unspecified atom stereocenters. The van der Waals surface area contributed by atoms with Crippen LogP contribution in [0.5, 0.6) is 0 Å². The fourth-order valence-electron chi connectivity index (χ4n) is 0.718. The molecule has 0 N–H and O–H groups in total. The Bertz CT molecular complexity index is 208. The maximum absolute atomic E-state index is 10.8. The highest BCUT2D eigenvalue weighted by atomic mass is 16.5. The first-order valence-electron chi connectivity index (χ1n) is 3.40. The third kappa shape index (κ3) is 2.41. The number of carbonyl (C=O) groups is 1. The molecule has 0 fully saturated rings. The average molecular weight is 153 g/mol. The highest BCUT2D eigenvalue weighted by molar-refractivity contribution is 5.87. The molecule has 1 radical (unpaired) electrons. The molecule has 0 aromatic heterocycles. The fourth-order valence-corrected chi connectivity index (χ4v) is 0.718. The van der Waals surface area contributed by atoms with Crippen molar-refractivity contribution in [3.8, 4) is 0 Å². The molecule has 1 rings (SSSR count). The van der Waals surface area contributed by atoms with Gasteiger partial charge in [-0.2, -0.15) is 10.5 Å². The molecule has 1 aliphatic heterocycles. The first-order chi connectivity index (χ1) is 5.33. The summed E-state index contributed by atoms with van der Waals surface area (Å²) in [5, 5.41) is 3.58. The summed E-state index contributed by atoms with van der Waals surface area (Å²) >= 11 is 0. The van der Waals surface area contributed by atoms with Crippen molar-refractivity contribution < 1.29 is 9.53 Å². The zero-order valence-electron chi connectivity index (χ0n) is 6.28. The van der Waals surface area contributed by atoms with E-state index in [-0.39, 0.29) is 12.4 Å². The van der Waals surface area contributed by atoms with Crippen LogP contribution in [0, 0.1) is 0 Å². The van der Waals surface area contributed by atoms with Crippen LogP contribution in [-0.2, 0) is 9.53 Å². The lowest BCUT2D eigenvalue weighted by molar-refractivity contribution is -0.142. The third-order valence-corrected chi connectivity index (χ3v) is 1.17. The van der Waals surface area contributed by atoms with Crippen LogP contribution in [0.4, 0.5) is 0 Å². The molecule has 0 saturated heterocycles. The fraction of sp³-hybridized carbons (Fsp3) is 0.429. The molecule has 59 valence electrons. The Morgan fingerprint density at radius 3 is 3.09 bits per heavy atom. The van der Waals surface area contributed by atoms with Gasteiger partial charge in [0, 0.05) is 5.57 Å². The Balaban J connectivity index is 2.30. The SMILES string of the molecule is CCOC(=O)CC1=C[N]N=C1. The third-order valence-electron chi connectivity index (χ3n) is 1.17. The van der Waals surface area contributed by atoms with Crippen LogP contribution >= 0.6 is 0 Å². The number of hydrogen-bond donors (Lipinski definition) is 0. The summed E-state index contributed by atoms with van der Waals surface area (Å²) in [6.07, 6.45) is 3.37. The highest BCUT2D eigenvalue weighted by Gasteiger charge is 2.07. The van der Waals surface area contributed by atoms with Gasteiger partial charge in [-0.25, -0.2) is 0 Å². The second-order valence-corrected chi connectivity index (χ2v) is 2.05. The molecule has 0 bridgehead atoms. The maximum atomic E-state index is 10.8. The van der Waals surface area contributed by atoms with E-state index in [2.05, 4.69) is 10.5 Å². The van der Waals surface area contributed by atoms with E-state index in [0.29, 0.717) is 6.61 Å². The number of ether oxygens (including phenoxy) is 1. The molecule has 0 saturated carbocycles. The van der Waals surface area contributed by atoms with Gasteiger partial charge in [-0.15, -0.1) is 0 Å². The molecule has 0 atom stereocenters. The lowest BCUT2D eigenvalue weighted by atomic mass is 10.2. The molecule has 0 aliphatic carbocycles. The van der Waals surface area contributed by atoms with Crippen molar-refractivity contribution >= 4 is 12.2 Å². The topological polar surface area (TPSA) is 52.8 Å². The minimum absolute atomic E-state index is 0.234. The van der Waals surface area contributed by atoms with Gasteiger partial charge >= 0.3 is 5.97 Å². The largest absolute Gasteiger partial charge is 0.466 e. The standard InChI is InChI=1S/C7H9N2O2/c1-2-11-7(10)3-6-4-8-9-5-6/h4-5H,2-3H2,1H3. The molecule has 11 heavy (non-hydrogen) atoms. The van der Waals surface area contributed by atoms with Crippen LogP contribution in [0.25, 0.3) is 0 Å². The number of hydrogen-bond acceptors (Lipinski definition) is 3. The molecular formula is C7H9N2O2. The molecule has 4 heteroatoms. The average Bonchev–Trinajstić information content (AvgIpc) is 2.40. The Labute approximate surface area is 64.9 Å². The zero-order chi connectivity index (χ0) is 8.10. The van der Waals surface area contributed by atoms with Crippen LogP contribution in [0.15, 0.2) is 16.9 Å². The summed E-state index contributed by atoms with van der Waals surface area (Å²) < 4.78 is 4.72. The van der Waals surface area contributed by atoms with Crippen molar-refractivity contribution in [1.82, 2.24) is 5.43 Å². The number of esters is 1. The second kappa shape index (κ2) is 3.75. The van der Waals surface area contributed by atoms with Crippen LogP contribution in [-0.4, -0.2) is 18.8 Å². The molecular weight excluding hydrogens is 144 g/mol. The van der Waals surface area contributed by atoms with E-state index in [1.54, 1.807) is 19.3 Å². The van der Waals surface area contributed by atoms with Gasteiger partial charge in [0.15, 0.2) is 0 Å². The molecule has 0 amide bonds. The van der Waals surface area contributed by atoms with Gasteiger partial charge in [-0.3, -0.25) is 4.79 Å². The van der Waals surface area contributed by atoms with Gasteiger partial charge < -0.3 is 4.74 Å². The zero-order valence-corrected chi connectivity index (χ0v) is 6.28. The van der Waals surface area contributed by atoms with E-state index < -0.39 is 0 Å². The van der Waals surface area contributed by atoms with E-state index in [0.717, 1.165) is 5.57 Å². The molecule has 1 heterocycles. The monoisotopic (exact) mass is 153 g/mol. The van der Waals surface area contributed by atoms with Crippen LogP contribution in [0.3, 0.4) is 0 Å². The van der Waals surface area contributed by atoms with Gasteiger partial charge in [-0.1, -0.05) is 0 Å². The number of carbonyl (C=O) groups excluding carboxylic acids is 1. The van der Waals surface area contributed by atoms with Crippen molar-refractivity contribution in [2.24, 2.45) is 5.10 Å². The Morgan fingerprint density at radius 2 is 2.55 bits per heavy atom. The second-order valence-electron chi connectivity index (χ2n) is 2.05. The Morgan fingerprint density at radius 1 is 1.73 bits per heavy atom. The van der Waals surface area contributed by atoms with Crippen LogP contribution in [0.2, 0.25) is 0 Å². The summed E-state index contributed by atoms with van der Waals surface area (Å²) in [6.45, 7) is 2.19. The maximum Gasteiger partial charge on any atom is 0.310 e. The summed E-state index contributed by atoms with van der Waals surface area (Å²) in [5.41, 5.74) is 4.37. The smallest absolute Gasteiger partial charge is 0.310 e. The molecule has 4 nitrogen and oxygen atoms in total. The molecule has 0 aromatic rings. The molecule has 1 aliphatic rings. The summed E-state index contributed by atoms with van der Waals surface area (Å²) in [4.78, 5) is 10.8. The van der Waals surface area contributed by atoms with Crippen molar-refractivity contribution in [3.63, 3.8) is 0 Å². The summed E-state index contributed by atoms with van der Waals surface area (Å²) in [5.74, 6) is -0.234. The molecule has 0 spiro atoms. The van der Waals surface area contributed by atoms with Gasteiger partial charge in [0.1, 0.15) is 0 Å². The first kappa shape index (κ1) is 7.78. The summed E-state index contributed by atoms with van der Waals surface area (Å²) in [7, 11) is 0. The predicted octanol–water partition coefficient (Wildman–Crippen LogP) is 0.427. The van der Waals surface area contributed by atoms with E-state index in [1.807, 2.05) is 0 Å². The lowest BCUT2D eigenvalue weighted by Crippen LogP contribution is -2.04. The van der Waals surface area contributed by atoms with Crippen molar-refractivity contribution in [3.05, 3.63) is 11.8 Å². The quantitative estimate of drug-likeness (QED) is 0.552. The van der Waals surface area contributed by atoms with Gasteiger partial charge in [0.05, 0.1) is 25.4 Å². The normalized spacial score (nSPS) is 14.1. The van der Waals surface area contributed by atoms with Gasteiger partial charge in [-0.05, 0) is 6.92 Å². The van der Waals surface area contributed by atoms with Crippen molar-refractivity contribution in [2.75, 3.05) is 6.61 Å². The Hall–Kier alpha value is -1.32. The minimum Gasteiger partial charge on any atom is -0.466 e. The Kier molecular flexibility index (Phi) is 2.66. The van der Waals surface area contributed by atoms with Crippen molar-refractivity contribution in [2.45, 2.75) is 13.3 Å². The van der Waals surface area contributed by atoms with E-state index in [1.165, 1.54) is 0 Å². The van der Waals surface area contributed by atoms with E-state index in [4.69, 9.17) is 4.74 Å². The lowest BCUT2D eigenvalue weighted by Gasteiger charge is -1.98. The predicted molar refractivity (Wildman–Crippen MR) is 40.0 cm³/mol. The molecule has 0 aromatic carbocycles. The van der Waals surface area contributed by atoms with Crippen molar-refractivity contribution in [1.29, 1.82) is 0 Å². The highest BCUT2D eigenvalue weighted by Crippen LogP contribution is 2.03. The summed E-state index contributed by atoms with van der Waals surface area (Å²) in [6, 6.07) is 0. The van der Waals surface area contributed by atoms with Crippen LogP contribution in [0.1, 0.15) is 13.3 Å².